The third-order valence-electron chi connectivity index (χ3n) is 4.65. The van der Waals surface area contributed by atoms with Crippen LogP contribution >= 0.6 is 0 Å². The summed E-state index contributed by atoms with van der Waals surface area (Å²) in [6, 6.07) is 15.2. The van der Waals surface area contributed by atoms with Gasteiger partial charge in [0.05, 0.1) is 16.9 Å². The van der Waals surface area contributed by atoms with Gasteiger partial charge in [-0.1, -0.05) is 18.2 Å². The SMILES string of the molecule is CN(C)c1ccc(-c2nn(-c3cccc(C(=O)O)c3)c3c2CCN3)cc1. The van der Waals surface area contributed by atoms with Crippen molar-refractivity contribution in [2.45, 2.75) is 6.42 Å². The van der Waals surface area contributed by atoms with Crippen molar-refractivity contribution < 1.29 is 9.90 Å². The Balaban J connectivity index is 1.80. The number of carboxylic acid groups (broad SMARTS) is 1. The number of fused-ring (bicyclic) bond motifs is 1. The molecule has 0 saturated carbocycles. The Hall–Kier alpha value is -3.28. The van der Waals surface area contributed by atoms with Gasteiger partial charge in [-0.25, -0.2) is 9.48 Å². The van der Waals surface area contributed by atoms with Crippen LogP contribution in [0.2, 0.25) is 0 Å². The number of hydrogen-bond donors (Lipinski definition) is 2. The highest BCUT2D eigenvalue weighted by molar-refractivity contribution is 5.88. The fraction of sp³-hybridized carbons (Fsp3) is 0.200. The Morgan fingerprint density at radius 1 is 1.19 bits per heavy atom. The molecule has 132 valence electrons. The lowest BCUT2D eigenvalue weighted by molar-refractivity contribution is 0.0697. The maximum absolute atomic E-state index is 11.3. The van der Waals surface area contributed by atoms with Crippen molar-refractivity contribution in [2.24, 2.45) is 0 Å². The Kier molecular flexibility index (Phi) is 3.88. The first-order valence-corrected chi connectivity index (χ1v) is 8.52. The lowest BCUT2D eigenvalue weighted by atomic mass is 10.1. The Morgan fingerprint density at radius 2 is 1.96 bits per heavy atom. The fourth-order valence-electron chi connectivity index (χ4n) is 3.28. The molecule has 0 aliphatic carbocycles. The van der Waals surface area contributed by atoms with Crippen molar-refractivity contribution in [3.8, 4) is 16.9 Å². The first kappa shape index (κ1) is 16.2. The van der Waals surface area contributed by atoms with Gasteiger partial charge < -0.3 is 15.3 Å². The minimum atomic E-state index is -0.942. The molecule has 1 aliphatic rings. The lowest BCUT2D eigenvalue weighted by Crippen LogP contribution is -2.08. The van der Waals surface area contributed by atoms with Crippen molar-refractivity contribution in [1.82, 2.24) is 9.78 Å². The van der Waals surface area contributed by atoms with E-state index in [0.29, 0.717) is 0 Å². The monoisotopic (exact) mass is 348 g/mol. The van der Waals surface area contributed by atoms with Crippen LogP contribution < -0.4 is 10.2 Å². The van der Waals surface area contributed by atoms with Crippen molar-refractivity contribution in [3.63, 3.8) is 0 Å². The van der Waals surface area contributed by atoms with E-state index in [1.54, 1.807) is 18.2 Å². The summed E-state index contributed by atoms with van der Waals surface area (Å²) in [5.41, 5.74) is 5.30. The molecule has 0 spiro atoms. The predicted octanol–water partition coefficient (Wildman–Crippen LogP) is 3.27. The highest BCUT2D eigenvalue weighted by Gasteiger charge is 2.24. The smallest absolute Gasteiger partial charge is 0.335 e. The maximum Gasteiger partial charge on any atom is 0.335 e. The first-order chi connectivity index (χ1) is 12.5. The van der Waals surface area contributed by atoms with Gasteiger partial charge in [0, 0.05) is 37.5 Å². The molecule has 0 radical (unpaired) electrons. The third kappa shape index (κ3) is 2.69. The Bertz CT molecular complexity index is 974. The summed E-state index contributed by atoms with van der Waals surface area (Å²) in [6.45, 7) is 0.856. The second-order valence-electron chi connectivity index (χ2n) is 6.56. The standard InChI is InChI=1S/C20H20N4O2/c1-23(2)15-8-6-13(7-9-15)18-17-10-11-21-19(17)24(22-18)16-5-3-4-14(12-16)20(25)26/h3-9,12,21H,10-11H2,1-2H3,(H,25,26). The molecule has 4 rings (SSSR count). The molecule has 6 nitrogen and oxygen atoms in total. The number of hydrogen-bond acceptors (Lipinski definition) is 4. The van der Waals surface area contributed by atoms with E-state index in [0.717, 1.165) is 41.4 Å². The van der Waals surface area contributed by atoms with Crippen LogP contribution in [0.25, 0.3) is 16.9 Å². The molecule has 0 amide bonds. The summed E-state index contributed by atoms with van der Waals surface area (Å²) in [5, 5.41) is 17.4. The van der Waals surface area contributed by atoms with Gasteiger partial charge in [0.15, 0.2) is 0 Å². The molecular formula is C20H20N4O2. The molecule has 2 aromatic carbocycles. The number of nitrogens with zero attached hydrogens (tertiary/aromatic N) is 3. The molecule has 0 bridgehead atoms. The van der Waals surface area contributed by atoms with Crippen LogP contribution in [0, 0.1) is 0 Å². The molecule has 2 N–H and O–H groups in total. The summed E-state index contributed by atoms with van der Waals surface area (Å²) < 4.78 is 1.81. The van der Waals surface area contributed by atoms with Crippen LogP contribution in [-0.2, 0) is 6.42 Å². The van der Waals surface area contributed by atoms with Gasteiger partial charge in [-0.15, -0.1) is 0 Å². The van der Waals surface area contributed by atoms with Gasteiger partial charge in [0.2, 0.25) is 0 Å². The summed E-state index contributed by atoms with van der Waals surface area (Å²) in [6.07, 6.45) is 0.902. The zero-order valence-corrected chi connectivity index (χ0v) is 14.7. The van der Waals surface area contributed by atoms with E-state index in [4.69, 9.17) is 5.10 Å². The highest BCUT2D eigenvalue weighted by atomic mass is 16.4. The maximum atomic E-state index is 11.3. The number of aromatic nitrogens is 2. The van der Waals surface area contributed by atoms with Crippen LogP contribution in [0.5, 0.6) is 0 Å². The second kappa shape index (κ2) is 6.22. The van der Waals surface area contributed by atoms with Gasteiger partial charge in [-0.3, -0.25) is 0 Å². The normalized spacial score (nSPS) is 12.5. The lowest BCUT2D eigenvalue weighted by Gasteiger charge is -2.12. The summed E-state index contributed by atoms with van der Waals surface area (Å²) in [7, 11) is 4.03. The third-order valence-corrected chi connectivity index (χ3v) is 4.65. The molecule has 1 aromatic heterocycles. The second-order valence-corrected chi connectivity index (χ2v) is 6.56. The van der Waals surface area contributed by atoms with Gasteiger partial charge in [0.1, 0.15) is 5.82 Å². The Morgan fingerprint density at radius 3 is 2.65 bits per heavy atom. The summed E-state index contributed by atoms with van der Waals surface area (Å²) in [4.78, 5) is 13.3. The predicted molar refractivity (Wildman–Crippen MR) is 102 cm³/mol. The van der Waals surface area contributed by atoms with Crippen LogP contribution in [-0.4, -0.2) is 41.5 Å². The van der Waals surface area contributed by atoms with Crippen LogP contribution in [0.4, 0.5) is 11.5 Å². The van der Waals surface area contributed by atoms with Crippen LogP contribution in [0.1, 0.15) is 15.9 Å². The molecule has 1 aliphatic heterocycles. The fourth-order valence-corrected chi connectivity index (χ4v) is 3.28. The number of carboxylic acids is 1. The van der Waals surface area contributed by atoms with Crippen LogP contribution in [0.3, 0.4) is 0 Å². The van der Waals surface area contributed by atoms with E-state index < -0.39 is 5.97 Å². The van der Waals surface area contributed by atoms with Gasteiger partial charge in [-0.2, -0.15) is 5.10 Å². The number of benzene rings is 2. The summed E-state index contributed by atoms with van der Waals surface area (Å²) >= 11 is 0. The zero-order valence-electron chi connectivity index (χ0n) is 14.7. The van der Waals surface area contributed by atoms with E-state index >= 15 is 0 Å². The minimum absolute atomic E-state index is 0.252. The van der Waals surface area contributed by atoms with E-state index in [-0.39, 0.29) is 5.56 Å². The number of nitrogens with one attached hydrogen (secondary N) is 1. The highest BCUT2D eigenvalue weighted by Crippen LogP contribution is 2.35. The van der Waals surface area contributed by atoms with E-state index in [1.165, 1.54) is 5.56 Å². The molecule has 26 heavy (non-hydrogen) atoms. The van der Waals surface area contributed by atoms with Crippen molar-refractivity contribution in [2.75, 3.05) is 30.9 Å². The summed E-state index contributed by atoms with van der Waals surface area (Å²) in [5.74, 6) is 0.00216. The van der Waals surface area contributed by atoms with E-state index in [2.05, 4.69) is 34.5 Å². The molecular weight excluding hydrogens is 328 g/mol. The first-order valence-electron chi connectivity index (χ1n) is 8.52. The van der Waals surface area contributed by atoms with E-state index in [9.17, 15) is 9.90 Å². The van der Waals surface area contributed by atoms with Gasteiger partial charge in [-0.05, 0) is 36.8 Å². The Labute approximate surface area is 151 Å². The largest absolute Gasteiger partial charge is 0.478 e. The molecule has 0 unspecified atom stereocenters. The van der Waals surface area contributed by atoms with Gasteiger partial charge >= 0.3 is 5.97 Å². The molecule has 6 heteroatoms. The van der Waals surface area contributed by atoms with Crippen LogP contribution in [0.15, 0.2) is 48.5 Å². The number of rotatable bonds is 4. The number of carbonyl (C=O) groups is 1. The number of anilines is 2. The number of aromatic carboxylic acids is 1. The average Bonchev–Trinajstić information content (AvgIpc) is 3.24. The van der Waals surface area contributed by atoms with Crippen molar-refractivity contribution in [3.05, 3.63) is 59.7 Å². The zero-order chi connectivity index (χ0) is 18.3. The molecule has 3 aromatic rings. The molecule has 0 fully saturated rings. The van der Waals surface area contributed by atoms with E-state index in [1.807, 2.05) is 24.8 Å². The van der Waals surface area contributed by atoms with Crippen molar-refractivity contribution in [1.29, 1.82) is 0 Å². The molecule has 0 atom stereocenters. The average molecular weight is 348 g/mol. The molecule has 0 saturated heterocycles. The van der Waals surface area contributed by atoms with Crippen molar-refractivity contribution >= 4 is 17.5 Å². The topological polar surface area (TPSA) is 70.4 Å². The van der Waals surface area contributed by atoms with Gasteiger partial charge in [0.25, 0.3) is 0 Å². The quantitative estimate of drug-likeness (QED) is 0.757. The minimum Gasteiger partial charge on any atom is -0.478 e. The molecule has 2 heterocycles.